The second-order valence-corrected chi connectivity index (χ2v) is 6.55. The Morgan fingerprint density at radius 1 is 0.786 bits per heavy atom. The summed E-state index contributed by atoms with van der Waals surface area (Å²) in [5, 5.41) is 0.709. The minimum absolute atomic E-state index is 0.177. The lowest BCUT2D eigenvalue weighted by Crippen LogP contribution is -2.14. The van der Waals surface area contributed by atoms with Gasteiger partial charge in [-0.05, 0) is 36.2 Å². The summed E-state index contributed by atoms with van der Waals surface area (Å²) in [6, 6.07) is 24.9. The molecule has 3 aromatic carbocycles. The van der Waals surface area contributed by atoms with E-state index in [-0.39, 0.29) is 5.91 Å². The average molecular weight is 369 g/mol. The fourth-order valence-electron chi connectivity index (χ4n) is 3.55. The van der Waals surface area contributed by atoms with Crippen LogP contribution in [0.25, 0.3) is 22.0 Å². The van der Waals surface area contributed by atoms with Crippen LogP contribution in [-0.4, -0.2) is 23.6 Å². The lowest BCUT2D eigenvalue weighted by atomic mass is 10.0. The number of rotatable bonds is 3. The third-order valence-corrected chi connectivity index (χ3v) is 4.94. The number of methoxy groups -OCH3 is 1. The third kappa shape index (κ3) is 2.89. The summed E-state index contributed by atoms with van der Waals surface area (Å²) < 4.78 is 6.51. The van der Waals surface area contributed by atoms with Gasteiger partial charge in [-0.15, -0.1) is 0 Å². The molecule has 0 unspecified atom stereocenters. The monoisotopic (exact) mass is 369 g/mol. The first-order valence-corrected chi connectivity index (χ1v) is 9.00. The Labute approximate surface area is 163 Å². The summed E-state index contributed by atoms with van der Waals surface area (Å²) in [6.45, 7) is 1.77. The Bertz CT molecular complexity index is 1170. The molecule has 0 atom stereocenters. The molecule has 1 aromatic heterocycles. The van der Waals surface area contributed by atoms with Gasteiger partial charge >= 0.3 is 5.97 Å². The fraction of sp³-hybridized carbons (Fsp3) is 0.0833. The molecule has 4 rings (SSSR count). The number of carbonyl (C=O) groups excluding carboxylic acids is 2. The highest BCUT2D eigenvalue weighted by Gasteiger charge is 2.24. The Morgan fingerprint density at radius 2 is 1.39 bits per heavy atom. The van der Waals surface area contributed by atoms with Crippen LogP contribution in [0.1, 0.15) is 26.4 Å². The molecule has 138 valence electrons. The van der Waals surface area contributed by atoms with Crippen molar-refractivity contribution in [1.29, 1.82) is 0 Å². The topological polar surface area (TPSA) is 48.3 Å². The van der Waals surface area contributed by atoms with Crippen LogP contribution in [0.4, 0.5) is 0 Å². The maximum absolute atomic E-state index is 13.3. The van der Waals surface area contributed by atoms with Crippen LogP contribution >= 0.6 is 0 Å². The smallest absolute Gasteiger partial charge is 0.340 e. The number of benzene rings is 3. The molecule has 0 amide bonds. The summed E-state index contributed by atoms with van der Waals surface area (Å²) in [4.78, 5) is 25.5. The van der Waals surface area contributed by atoms with Gasteiger partial charge in [-0.2, -0.15) is 0 Å². The van der Waals surface area contributed by atoms with Gasteiger partial charge in [0.25, 0.3) is 5.91 Å². The van der Waals surface area contributed by atoms with E-state index in [2.05, 4.69) is 0 Å². The molecule has 4 nitrogen and oxygen atoms in total. The summed E-state index contributed by atoms with van der Waals surface area (Å²) >= 11 is 0. The predicted octanol–water partition coefficient (Wildman–Crippen LogP) is 5.09. The van der Waals surface area contributed by atoms with Crippen molar-refractivity contribution in [1.82, 2.24) is 4.57 Å². The molecule has 0 N–H and O–H groups in total. The van der Waals surface area contributed by atoms with Gasteiger partial charge in [0.15, 0.2) is 0 Å². The summed E-state index contributed by atoms with van der Waals surface area (Å²) in [5.41, 5.74) is 4.38. The molecule has 0 aliphatic carbocycles. The van der Waals surface area contributed by atoms with E-state index in [1.165, 1.54) is 7.11 Å². The first-order valence-electron chi connectivity index (χ1n) is 9.00. The van der Waals surface area contributed by atoms with Gasteiger partial charge in [0.1, 0.15) is 0 Å². The predicted molar refractivity (Wildman–Crippen MR) is 110 cm³/mol. The lowest BCUT2D eigenvalue weighted by Gasteiger charge is -2.08. The van der Waals surface area contributed by atoms with Crippen molar-refractivity contribution >= 4 is 22.8 Å². The second-order valence-electron chi connectivity index (χ2n) is 6.55. The van der Waals surface area contributed by atoms with E-state index in [9.17, 15) is 9.59 Å². The van der Waals surface area contributed by atoms with E-state index in [1.807, 2.05) is 78.9 Å². The highest BCUT2D eigenvalue weighted by atomic mass is 16.5. The lowest BCUT2D eigenvalue weighted by molar-refractivity contribution is 0.0602. The number of carbonyl (C=O) groups is 2. The zero-order valence-electron chi connectivity index (χ0n) is 15.7. The second kappa shape index (κ2) is 7.16. The fourth-order valence-corrected chi connectivity index (χ4v) is 3.55. The molecule has 0 bridgehead atoms. The third-order valence-electron chi connectivity index (χ3n) is 4.94. The van der Waals surface area contributed by atoms with Crippen molar-refractivity contribution in [3.8, 4) is 11.1 Å². The molecule has 0 spiro atoms. The summed E-state index contributed by atoms with van der Waals surface area (Å²) in [5.74, 6) is -0.622. The van der Waals surface area contributed by atoms with E-state index in [4.69, 9.17) is 4.74 Å². The van der Waals surface area contributed by atoms with Gasteiger partial charge in [0, 0.05) is 16.6 Å². The van der Waals surface area contributed by atoms with Gasteiger partial charge in [-0.25, -0.2) is 4.79 Å². The number of nitrogens with zero attached hydrogens (tertiary/aromatic N) is 1. The van der Waals surface area contributed by atoms with E-state index < -0.39 is 5.97 Å². The maximum atomic E-state index is 13.3. The molecule has 0 aliphatic heterocycles. The van der Waals surface area contributed by atoms with Crippen molar-refractivity contribution in [2.75, 3.05) is 7.11 Å². The first kappa shape index (κ1) is 17.7. The summed E-state index contributed by atoms with van der Waals surface area (Å²) in [6.07, 6.45) is 0. The number of hydrogen-bond donors (Lipinski definition) is 0. The zero-order valence-corrected chi connectivity index (χ0v) is 15.7. The standard InChI is InChI=1S/C24H19NO3/c1-16-22(24(27)28-2)20-10-6-7-11-21(20)25(16)23(26)19-14-12-18(13-15-19)17-8-4-3-5-9-17/h3-15H,1-2H3. The number of ether oxygens (including phenoxy) is 1. The normalized spacial score (nSPS) is 10.8. The number of para-hydroxylation sites is 1. The quantitative estimate of drug-likeness (QED) is 0.473. The van der Waals surface area contributed by atoms with Crippen LogP contribution in [0.5, 0.6) is 0 Å². The van der Waals surface area contributed by atoms with E-state index in [0.717, 1.165) is 11.1 Å². The first-order chi connectivity index (χ1) is 13.6. The van der Waals surface area contributed by atoms with Crippen LogP contribution in [0.2, 0.25) is 0 Å². The van der Waals surface area contributed by atoms with E-state index in [1.54, 1.807) is 11.5 Å². The van der Waals surface area contributed by atoms with Crippen molar-refractivity contribution < 1.29 is 14.3 Å². The van der Waals surface area contributed by atoms with Crippen molar-refractivity contribution in [2.24, 2.45) is 0 Å². The van der Waals surface area contributed by atoms with Crippen LogP contribution < -0.4 is 0 Å². The van der Waals surface area contributed by atoms with Crippen LogP contribution in [0.3, 0.4) is 0 Å². The minimum atomic E-state index is -0.445. The molecule has 4 heteroatoms. The Morgan fingerprint density at radius 3 is 2.07 bits per heavy atom. The molecule has 0 aliphatic rings. The van der Waals surface area contributed by atoms with E-state index in [0.29, 0.717) is 27.7 Å². The maximum Gasteiger partial charge on any atom is 0.340 e. The SMILES string of the molecule is COC(=O)c1c(C)n(C(=O)c2ccc(-c3ccccc3)cc2)c2ccccc12. The highest BCUT2D eigenvalue weighted by molar-refractivity contribution is 6.11. The Kier molecular flexibility index (Phi) is 4.53. The van der Waals surface area contributed by atoms with Crippen molar-refractivity contribution in [3.05, 3.63) is 95.7 Å². The molecular weight excluding hydrogens is 350 g/mol. The minimum Gasteiger partial charge on any atom is -0.465 e. The molecule has 0 saturated heterocycles. The average Bonchev–Trinajstić information content (AvgIpc) is 3.05. The van der Waals surface area contributed by atoms with Gasteiger partial charge in [0.05, 0.1) is 18.2 Å². The molecule has 0 radical (unpaired) electrons. The van der Waals surface area contributed by atoms with Gasteiger partial charge < -0.3 is 4.74 Å². The van der Waals surface area contributed by atoms with Crippen LogP contribution in [0.15, 0.2) is 78.9 Å². The number of esters is 1. The van der Waals surface area contributed by atoms with Crippen molar-refractivity contribution in [2.45, 2.75) is 6.92 Å². The largest absolute Gasteiger partial charge is 0.465 e. The molecular formula is C24H19NO3. The Balaban J connectivity index is 1.79. The van der Waals surface area contributed by atoms with Gasteiger partial charge in [-0.3, -0.25) is 9.36 Å². The number of aromatic nitrogens is 1. The van der Waals surface area contributed by atoms with Crippen LogP contribution in [-0.2, 0) is 4.74 Å². The van der Waals surface area contributed by atoms with Crippen LogP contribution in [0, 0.1) is 6.92 Å². The Hall–Kier alpha value is -3.66. The summed E-state index contributed by atoms with van der Waals surface area (Å²) in [7, 11) is 1.35. The molecule has 4 aromatic rings. The number of fused-ring (bicyclic) bond motifs is 1. The molecule has 28 heavy (non-hydrogen) atoms. The van der Waals surface area contributed by atoms with Gasteiger partial charge in [0.2, 0.25) is 0 Å². The van der Waals surface area contributed by atoms with Gasteiger partial charge in [-0.1, -0.05) is 60.7 Å². The molecule has 1 heterocycles. The highest BCUT2D eigenvalue weighted by Crippen LogP contribution is 2.28. The number of hydrogen-bond acceptors (Lipinski definition) is 3. The zero-order chi connectivity index (χ0) is 19.7. The molecule has 0 fully saturated rings. The molecule has 0 saturated carbocycles. The van der Waals surface area contributed by atoms with E-state index >= 15 is 0 Å². The van der Waals surface area contributed by atoms with Crippen molar-refractivity contribution in [3.63, 3.8) is 0 Å².